The van der Waals surface area contributed by atoms with Crippen molar-refractivity contribution in [2.24, 2.45) is 0 Å². The maximum atomic E-state index is 8.93. The van der Waals surface area contributed by atoms with Gasteiger partial charge in [0.1, 0.15) is 6.07 Å². The predicted molar refractivity (Wildman–Crippen MR) is 66.9 cm³/mol. The van der Waals surface area contributed by atoms with Gasteiger partial charge in [-0.3, -0.25) is 0 Å². The lowest BCUT2D eigenvalue weighted by Crippen LogP contribution is -2.02. The molecule has 0 fully saturated rings. The molecule has 3 heteroatoms. The minimum atomic E-state index is 0.695. The predicted octanol–water partition coefficient (Wildman–Crippen LogP) is 3.92. The molecule has 0 amide bonds. The molecular formula is C12H15BrN2. The van der Waals surface area contributed by atoms with E-state index in [1.165, 1.54) is 12.8 Å². The number of nitrogens with one attached hydrogen (secondary N) is 1. The summed E-state index contributed by atoms with van der Waals surface area (Å²) in [7, 11) is 0. The minimum Gasteiger partial charge on any atom is -0.384 e. The first-order valence-corrected chi connectivity index (χ1v) is 6.00. The average molecular weight is 267 g/mol. The molecule has 1 N–H and O–H groups in total. The number of benzene rings is 1. The van der Waals surface area contributed by atoms with Gasteiger partial charge in [0.05, 0.1) is 11.3 Å². The van der Waals surface area contributed by atoms with Gasteiger partial charge in [-0.05, 0) is 24.6 Å². The summed E-state index contributed by atoms with van der Waals surface area (Å²) >= 11 is 3.35. The summed E-state index contributed by atoms with van der Waals surface area (Å²) in [6, 6.07) is 7.91. The summed E-state index contributed by atoms with van der Waals surface area (Å²) in [5.41, 5.74) is 1.62. The van der Waals surface area contributed by atoms with Crippen LogP contribution in [0.15, 0.2) is 22.7 Å². The van der Waals surface area contributed by atoms with Crippen molar-refractivity contribution in [1.29, 1.82) is 5.26 Å². The molecule has 0 aliphatic carbocycles. The first-order valence-electron chi connectivity index (χ1n) is 5.21. The maximum Gasteiger partial charge on any atom is 0.101 e. The van der Waals surface area contributed by atoms with Gasteiger partial charge in [0.25, 0.3) is 0 Å². The van der Waals surface area contributed by atoms with E-state index in [4.69, 9.17) is 5.26 Å². The van der Waals surface area contributed by atoms with E-state index in [0.717, 1.165) is 23.1 Å². The second-order valence-corrected chi connectivity index (χ2v) is 4.35. The Morgan fingerprint density at radius 2 is 2.20 bits per heavy atom. The molecule has 2 nitrogen and oxygen atoms in total. The van der Waals surface area contributed by atoms with Gasteiger partial charge in [0, 0.05) is 11.0 Å². The standard InChI is InChI=1S/C12H15BrN2/c1-2-3-4-7-15-12-6-5-11(13)8-10(12)9-14/h5-6,8,15H,2-4,7H2,1H3. The Morgan fingerprint density at radius 3 is 2.87 bits per heavy atom. The van der Waals surface area contributed by atoms with E-state index in [2.05, 4.69) is 34.2 Å². The third-order valence-electron chi connectivity index (χ3n) is 2.20. The second-order valence-electron chi connectivity index (χ2n) is 3.44. The van der Waals surface area contributed by atoms with Gasteiger partial charge in [-0.25, -0.2) is 0 Å². The number of unbranched alkanes of at least 4 members (excludes halogenated alkanes) is 2. The lowest BCUT2D eigenvalue weighted by atomic mass is 10.2. The topological polar surface area (TPSA) is 35.8 Å². The average Bonchev–Trinajstić information content (AvgIpc) is 2.26. The molecule has 0 atom stereocenters. The van der Waals surface area contributed by atoms with Crippen molar-refractivity contribution in [2.45, 2.75) is 26.2 Å². The molecule has 0 saturated heterocycles. The van der Waals surface area contributed by atoms with E-state index in [0.29, 0.717) is 5.56 Å². The highest BCUT2D eigenvalue weighted by Gasteiger charge is 2.01. The zero-order chi connectivity index (χ0) is 11.1. The van der Waals surface area contributed by atoms with E-state index in [-0.39, 0.29) is 0 Å². The van der Waals surface area contributed by atoms with Crippen LogP contribution in [0.5, 0.6) is 0 Å². The van der Waals surface area contributed by atoms with Crippen LogP contribution in [0.25, 0.3) is 0 Å². The third kappa shape index (κ3) is 3.93. The van der Waals surface area contributed by atoms with Gasteiger partial charge in [0.2, 0.25) is 0 Å². The van der Waals surface area contributed by atoms with Gasteiger partial charge in [-0.1, -0.05) is 35.7 Å². The molecule has 15 heavy (non-hydrogen) atoms. The fourth-order valence-corrected chi connectivity index (χ4v) is 1.72. The number of halogens is 1. The third-order valence-corrected chi connectivity index (χ3v) is 2.69. The summed E-state index contributed by atoms with van der Waals surface area (Å²) in [6.45, 7) is 3.12. The van der Waals surface area contributed by atoms with Crippen LogP contribution in [0, 0.1) is 11.3 Å². The fourth-order valence-electron chi connectivity index (χ4n) is 1.36. The summed E-state index contributed by atoms with van der Waals surface area (Å²) in [5, 5.41) is 12.2. The summed E-state index contributed by atoms with van der Waals surface area (Å²) in [6.07, 6.45) is 3.59. The van der Waals surface area contributed by atoms with Crippen molar-refractivity contribution in [2.75, 3.05) is 11.9 Å². The zero-order valence-corrected chi connectivity index (χ0v) is 10.5. The van der Waals surface area contributed by atoms with Crippen molar-refractivity contribution in [3.05, 3.63) is 28.2 Å². The molecule has 0 heterocycles. The Hall–Kier alpha value is -1.01. The SMILES string of the molecule is CCCCCNc1ccc(Br)cc1C#N. The van der Waals surface area contributed by atoms with E-state index in [1.54, 1.807) is 0 Å². The number of hydrogen-bond donors (Lipinski definition) is 1. The Kier molecular flexibility index (Phi) is 5.20. The molecule has 80 valence electrons. The van der Waals surface area contributed by atoms with Crippen LogP contribution >= 0.6 is 15.9 Å². The molecule has 0 unspecified atom stereocenters. The van der Waals surface area contributed by atoms with Crippen LogP contribution in [0.2, 0.25) is 0 Å². The Bertz CT molecular complexity index is 355. The summed E-state index contributed by atoms with van der Waals surface area (Å²) in [4.78, 5) is 0. The number of anilines is 1. The van der Waals surface area contributed by atoms with E-state index < -0.39 is 0 Å². The van der Waals surface area contributed by atoms with Crippen LogP contribution in [0.3, 0.4) is 0 Å². The highest BCUT2D eigenvalue weighted by molar-refractivity contribution is 9.10. The summed E-state index contributed by atoms with van der Waals surface area (Å²) < 4.78 is 0.943. The largest absolute Gasteiger partial charge is 0.384 e. The maximum absolute atomic E-state index is 8.93. The van der Waals surface area contributed by atoms with Crippen LogP contribution in [0.4, 0.5) is 5.69 Å². The number of hydrogen-bond acceptors (Lipinski definition) is 2. The van der Waals surface area contributed by atoms with Crippen LogP contribution < -0.4 is 5.32 Å². The monoisotopic (exact) mass is 266 g/mol. The fraction of sp³-hybridized carbons (Fsp3) is 0.417. The molecule has 0 aliphatic heterocycles. The van der Waals surface area contributed by atoms with Crippen molar-refractivity contribution >= 4 is 21.6 Å². The molecule has 0 aromatic heterocycles. The van der Waals surface area contributed by atoms with Gasteiger partial charge in [-0.15, -0.1) is 0 Å². The first-order chi connectivity index (χ1) is 7.27. The van der Waals surface area contributed by atoms with Gasteiger partial charge >= 0.3 is 0 Å². The second kappa shape index (κ2) is 6.47. The Morgan fingerprint density at radius 1 is 1.40 bits per heavy atom. The minimum absolute atomic E-state index is 0.695. The summed E-state index contributed by atoms with van der Waals surface area (Å²) in [5.74, 6) is 0. The van der Waals surface area contributed by atoms with Crippen LogP contribution in [0.1, 0.15) is 31.7 Å². The zero-order valence-electron chi connectivity index (χ0n) is 8.89. The molecule has 1 aromatic carbocycles. The quantitative estimate of drug-likeness (QED) is 0.820. The lowest BCUT2D eigenvalue weighted by molar-refractivity contribution is 0.743. The smallest absolute Gasteiger partial charge is 0.101 e. The van der Waals surface area contributed by atoms with Gasteiger partial charge in [-0.2, -0.15) is 5.26 Å². The Balaban J connectivity index is 2.57. The van der Waals surface area contributed by atoms with E-state index in [1.807, 2.05) is 18.2 Å². The van der Waals surface area contributed by atoms with Crippen LogP contribution in [-0.2, 0) is 0 Å². The molecule has 1 rings (SSSR count). The lowest BCUT2D eigenvalue weighted by Gasteiger charge is -2.07. The number of rotatable bonds is 5. The molecule has 0 bridgehead atoms. The van der Waals surface area contributed by atoms with Gasteiger partial charge in [0.15, 0.2) is 0 Å². The highest BCUT2D eigenvalue weighted by atomic mass is 79.9. The van der Waals surface area contributed by atoms with Gasteiger partial charge < -0.3 is 5.32 Å². The molecule has 0 saturated carbocycles. The van der Waals surface area contributed by atoms with Crippen LogP contribution in [-0.4, -0.2) is 6.54 Å². The molecule has 0 spiro atoms. The molecule has 1 aromatic rings. The van der Waals surface area contributed by atoms with Crippen molar-refractivity contribution in [3.63, 3.8) is 0 Å². The molecule has 0 radical (unpaired) electrons. The van der Waals surface area contributed by atoms with Crippen molar-refractivity contribution in [1.82, 2.24) is 0 Å². The highest BCUT2D eigenvalue weighted by Crippen LogP contribution is 2.20. The molecule has 0 aliphatic rings. The number of nitrogens with zero attached hydrogens (tertiary/aromatic N) is 1. The normalized spacial score (nSPS) is 9.67. The molecular weight excluding hydrogens is 252 g/mol. The van der Waals surface area contributed by atoms with Crippen molar-refractivity contribution in [3.8, 4) is 6.07 Å². The first kappa shape index (κ1) is 12.1. The number of nitriles is 1. The van der Waals surface area contributed by atoms with Crippen molar-refractivity contribution < 1.29 is 0 Å². The van der Waals surface area contributed by atoms with E-state index >= 15 is 0 Å². The van der Waals surface area contributed by atoms with E-state index in [9.17, 15) is 0 Å². The Labute approximate surface area is 99.4 Å².